The number of carbonyl (C=O) groups is 2. The van der Waals surface area contributed by atoms with Crippen LogP contribution in [-0.4, -0.2) is 27.9 Å². The van der Waals surface area contributed by atoms with Crippen LogP contribution in [0.2, 0.25) is 10.3 Å². The Balaban J connectivity index is 2.48. The summed E-state index contributed by atoms with van der Waals surface area (Å²) >= 11 is 11.3. The van der Waals surface area contributed by atoms with E-state index < -0.39 is 28.3 Å². The van der Waals surface area contributed by atoms with Gasteiger partial charge in [0.1, 0.15) is 10.7 Å². The van der Waals surface area contributed by atoms with Crippen molar-refractivity contribution in [1.29, 1.82) is 0 Å². The Labute approximate surface area is 136 Å². The van der Waals surface area contributed by atoms with E-state index in [4.69, 9.17) is 23.2 Å². The lowest BCUT2D eigenvalue weighted by Crippen LogP contribution is -2.24. The normalized spacial score (nSPS) is 15.3. The number of carboxylic acids is 1. The second-order valence-electron chi connectivity index (χ2n) is 4.86. The van der Waals surface area contributed by atoms with Gasteiger partial charge < -0.3 is 10.4 Å². The molecule has 1 aromatic heterocycles. The predicted octanol–water partition coefficient (Wildman–Crippen LogP) is 3.21. The maximum Gasteiger partial charge on any atom is 0.341 e. The van der Waals surface area contributed by atoms with Gasteiger partial charge in [-0.2, -0.15) is 0 Å². The van der Waals surface area contributed by atoms with Crippen LogP contribution in [0, 0.1) is 5.82 Å². The van der Waals surface area contributed by atoms with Gasteiger partial charge in [-0.1, -0.05) is 30.1 Å². The molecule has 2 rings (SSSR count). The fourth-order valence-corrected chi connectivity index (χ4v) is 2.34. The molecule has 0 atom stereocenters. The van der Waals surface area contributed by atoms with Crippen LogP contribution in [0.1, 0.15) is 36.5 Å². The molecule has 1 aliphatic carbocycles. The van der Waals surface area contributed by atoms with E-state index in [2.05, 4.69) is 10.3 Å². The van der Waals surface area contributed by atoms with Crippen LogP contribution in [-0.2, 0) is 4.79 Å². The van der Waals surface area contributed by atoms with Crippen LogP contribution in [0.3, 0.4) is 0 Å². The molecule has 22 heavy (non-hydrogen) atoms. The lowest BCUT2D eigenvalue weighted by atomic mass is 10.0. The number of Topliss-reactive ketones (excluding diaryl/α,β-unsaturated/α-hetero) is 1. The summed E-state index contributed by atoms with van der Waals surface area (Å²) < 4.78 is 13.5. The molecule has 0 unspecified atom stereocenters. The summed E-state index contributed by atoms with van der Waals surface area (Å²) in [5.41, 5.74) is -0.490. The Morgan fingerprint density at radius 2 is 2.05 bits per heavy atom. The van der Waals surface area contributed by atoms with Gasteiger partial charge in [-0.05, 0) is 25.3 Å². The highest BCUT2D eigenvalue weighted by atomic mass is 35.5. The second kappa shape index (κ2) is 6.62. The first kappa shape index (κ1) is 16.7. The summed E-state index contributed by atoms with van der Waals surface area (Å²) in [6, 6.07) is 0.973. The minimum Gasteiger partial charge on any atom is -0.477 e. The van der Waals surface area contributed by atoms with E-state index in [1.165, 1.54) is 0 Å². The van der Waals surface area contributed by atoms with E-state index in [-0.39, 0.29) is 16.8 Å². The number of carbonyl (C=O) groups excluding carboxylic acids is 1. The first-order valence-corrected chi connectivity index (χ1v) is 7.40. The summed E-state index contributed by atoms with van der Waals surface area (Å²) in [5.74, 6) is -3.24. The molecule has 2 N–H and O–H groups in total. The van der Waals surface area contributed by atoms with E-state index in [1.807, 2.05) is 0 Å². The van der Waals surface area contributed by atoms with Crippen molar-refractivity contribution in [3.63, 3.8) is 0 Å². The van der Waals surface area contributed by atoms with Crippen LogP contribution >= 0.6 is 23.2 Å². The number of carboxylic acid groups (broad SMARTS) is 1. The predicted molar refractivity (Wildman–Crippen MR) is 79.7 cm³/mol. The number of aliphatic carboxylic acids is 1. The number of allylic oxidation sites excluding steroid dienone is 1. The summed E-state index contributed by atoms with van der Waals surface area (Å²) in [6.45, 7) is 1.73. The number of hydrogen-bond acceptors (Lipinski definition) is 4. The zero-order valence-corrected chi connectivity index (χ0v) is 13.1. The van der Waals surface area contributed by atoms with Crippen molar-refractivity contribution in [3.8, 4) is 0 Å². The molecule has 1 heterocycles. The molecule has 0 aromatic carbocycles. The van der Waals surface area contributed by atoms with Gasteiger partial charge in [-0.25, -0.2) is 14.2 Å². The largest absolute Gasteiger partial charge is 0.477 e. The zero-order valence-electron chi connectivity index (χ0n) is 11.6. The second-order valence-corrected chi connectivity index (χ2v) is 5.58. The molecule has 1 saturated carbocycles. The Morgan fingerprint density at radius 1 is 1.41 bits per heavy atom. The smallest absolute Gasteiger partial charge is 0.341 e. The van der Waals surface area contributed by atoms with Gasteiger partial charge in [0, 0.05) is 11.7 Å². The number of hydrogen-bond donors (Lipinski definition) is 2. The molecule has 0 aliphatic heterocycles. The molecular weight excluding hydrogens is 334 g/mol. The Bertz CT molecular complexity index is 672. The van der Waals surface area contributed by atoms with Gasteiger partial charge in [0.05, 0.1) is 5.56 Å². The first-order chi connectivity index (χ1) is 10.3. The average molecular weight is 347 g/mol. The van der Waals surface area contributed by atoms with Crippen LogP contribution in [0.4, 0.5) is 4.39 Å². The summed E-state index contributed by atoms with van der Waals surface area (Å²) in [5, 5.41) is 11.6. The molecule has 118 valence electrons. The lowest BCUT2D eigenvalue weighted by Gasteiger charge is -2.13. The zero-order chi connectivity index (χ0) is 16.4. The minimum atomic E-state index is -1.40. The van der Waals surface area contributed by atoms with Crippen molar-refractivity contribution in [1.82, 2.24) is 10.3 Å². The molecule has 8 heteroatoms. The summed E-state index contributed by atoms with van der Waals surface area (Å²) in [4.78, 5) is 27.4. The SMILES string of the molecule is CCC(NC1CC1)=C(C(=O)O)C(=O)c1cc(F)c(Cl)nc1Cl. The Morgan fingerprint density at radius 3 is 2.55 bits per heavy atom. The van der Waals surface area contributed by atoms with Crippen LogP contribution in [0.5, 0.6) is 0 Å². The summed E-state index contributed by atoms with van der Waals surface area (Å²) in [6.07, 6.45) is 2.16. The van der Waals surface area contributed by atoms with E-state index >= 15 is 0 Å². The number of halogens is 3. The average Bonchev–Trinajstić information content (AvgIpc) is 3.25. The third-order valence-electron chi connectivity index (χ3n) is 3.18. The van der Waals surface area contributed by atoms with Gasteiger partial charge in [0.2, 0.25) is 5.78 Å². The van der Waals surface area contributed by atoms with Gasteiger partial charge in [-0.15, -0.1) is 0 Å². The fraction of sp³-hybridized carbons (Fsp3) is 0.357. The number of rotatable bonds is 6. The molecule has 5 nitrogen and oxygen atoms in total. The van der Waals surface area contributed by atoms with E-state index in [9.17, 15) is 19.1 Å². The van der Waals surface area contributed by atoms with E-state index in [0.717, 1.165) is 18.9 Å². The van der Waals surface area contributed by atoms with Crippen molar-refractivity contribution in [3.05, 3.63) is 39.0 Å². The molecule has 0 bridgehead atoms. The molecule has 1 aromatic rings. The quantitative estimate of drug-likeness (QED) is 0.272. The lowest BCUT2D eigenvalue weighted by molar-refractivity contribution is -0.132. The van der Waals surface area contributed by atoms with E-state index in [1.54, 1.807) is 6.92 Å². The highest BCUT2D eigenvalue weighted by molar-refractivity contribution is 6.37. The molecule has 0 spiro atoms. The van der Waals surface area contributed by atoms with Gasteiger partial charge in [-0.3, -0.25) is 4.79 Å². The van der Waals surface area contributed by atoms with E-state index in [0.29, 0.717) is 12.1 Å². The maximum atomic E-state index is 13.5. The Kier molecular flexibility index (Phi) is 5.03. The van der Waals surface area contributed by atoms with Gasteiger partial charge >= 0.3 is 5.97 Å². The topological polar surface area (TPSA) is 79.3 Å². The van der Waals surface area contributed by atoms with Crippen molar-refractivity contribution in [2.24, 2.45) is 0 Å². The number of ketones is 1. The monoisotopic (exact) mass is 346 g/mol. The summed E-state index contributed by atoms with van der Waals surface area (Å²) in [7, 11) is 0. The standard InChI is InChI=1S/C14H13Cl2FN2O3/c1-2-9(18-6-3-4-6)10(14(21)22)11(20)7-5-8(17)13(16)19-12(7)15/h5-6,18H,2-4H2,1H3,(H,21,22). The van der Waals surface area contributed by atoms with Crippen molar-refractivity contribution < 1.29 is 19.1 Å². The highest BCUT2D eigenvalue weighted by Gasteiger charge is 2.29. The highest BCUT2D eigenvalue weighted by Crippen LogP contribution is 2.26. The third kappa shape index (κ3) is 3.56. The number of nitrogens with zero attached hydrogens (tertiary/aromatic N) is 1. The minimum absolute atomic E-state index is 0.174. The molecule has 0 saturated heterocycles. The van der Waals surface area contributed by atoms with Crippen LogP contribution in [0.25, 0.3) is 0 Å². The fourth-order valence-electron chi connectivity index (χ4n) is 1.93. The van der Waals surface area contributed by atoms with Crippen LogP contribution < -0.4 is 5.32 Å². The molecular formula is C14H13Cl2FN2O3. The van der Waals surface area contributed by atoms with Gasteiger partial charge in [0.15, 0.2) is 11.0 Å². The van der Waals surface area contributed by atoms with Crippen molar-refractivity contribution in [2.45, 2.75) is 32.2 Å². The molecule has 0 amide bonds. The van der Waals surface area contributed by atoms with Gasteiger partial charge in [0.25, 0.3) is 0 Å². The number of pyridine rings is 1. The molecule has 1 fully saturated rings. The Hall–Kier alpha value is -1.66. The third-order valence-corrected chi connectivity index (χ3v) is 3.74. The maximum absolute atomic E-state index is 13.5. The van der Waals surface area contributed by atoms with Crippen LogP contribution in [0.15, 0.2) is 17.3 Å². The molecule has 0 radical (unpaired) electrons. The first-order valence-electron chi connectivity index (χ1n) is 6.64. The van der Waals surface area contributed by atoms with Crippen molar-refractivity contribution in [2.75, 3.05) is 0 Å². The number of nitrogens with one attached hydrogen (secondary N) is 1. The number of aromatic nitrogens is 1. The molecule has 1 aliphatic rings. The van der Waals surface area contributed by atoms with Crippen molar-refractivity contribution >= 4 is 35.0 Å².